The van der Waals surface area contributed by atoms with E-state index in [9.17, 15) is 4.79 Å². The smallest absolute Gasteiger partial charge is 0.322 e. The van der Waals surface area contributed by atoms with Gasteiger partial charge >= 0.3 is 5.97 Å². The standard InChI is InChI=1S/C11H17N3O2/c1-8(9-3-2-4-12-9)14-6-5-13-10(7-14)11(15)16/h2-4,8,10,12-13H,5-7H2,1H3,(H,15,16)/t8-,10+/m0/s1. The lowest BCUT2D eigenvalue weighted by Gasteiger charge is -2.35. The van der Waals surface area contributed by atoms with Gasteiger partial charge in [-0.25, -0.2) is 0 Å². The molecule has 0 radical (unpaired) electrons. The first kappa shape index (κ1) is 11.2. The average molecular weight is 223 g/mol. The topological polar surface area (TPSA) is 68.4 Å². The Bertz CT molecular complexity index is 350. The number of rotatable bonds is 3. The van der Waals surface area contributed by atoms with Crippen LogP contribution in [-0.2, 0) is 4.79 Å². The number of nitrogens with one attached hydrogen (secondary N) is 2. The van der Waals surface area contributed by atoms with Gasteiger partial charge < -0.3 is 15.4 Å². The zero-order chi connectivity index (χ0) is 11.5. The first-order chi connectivity index (χ1) is 7.68. The van der Waals surface area contributed by atoms with Gasteiger partial charge in [0.2, 0.25) is 0 Å². The second-order valence-corrected chi connectivity index (χ2v) is 4.14. The first-order valence-electron chi connectivity index (χ1n) is 5.52. The van der Waals surface area contributed by atoms with Gasteiger partial charge in [-0.05, 0) is 19.1 Å². The minimum atomic E-state index is -0.775. The van der Waals surface area contributed by atoms with Crippen molar-refractivity contribution in [2.75, 3.05) is 19.6 Å². The van der Waals surface area contributed by atoms with Gasteiger partial charge in [-0.3, -0.25) is 9.69 Å². The molecule has 2 atom stereocenters. The number of carboxylic acids is 1. The summed E-state index contributed by atoms with van der Waals surface area (Å²) < 4.78 is 0. The van der Waals surface area contributed by atoms with E-state index in [1.54, 1.807) is 0 Å². The van der Waals surface area contributed by atoms with Crippen molar-refractivity contribution in [2.24, 2.45) is 0 Å². The molecule has 0 amide bonds. The first-order valence-corrected chi connectivity index (χ1v) is 5.52. The quantitative estimate of drug-likeness (QED) is 0.695. The van der Waals surface area contributed by atoms with Crippen LogP contribution in [0, 0.1) is 0 Å². The van der Waals surface area contributed by atoms with E-state index in [0.717, 1.165) is 18.8 Å². The molecular formula is C11H17N3O2. The van der Waals surface area contributed by atoms with E-state index >= 15 is 0 Å². The summed E-state index contributed by atoms with van der Waals surface area (Å²) in [7, 11) is 0. The molecule has 1 saturated heterocycles. The summed E-state index contributed by atoms with van der Waals surface area (Å²) in [5.41, 5.74) is 1.13. The summed E-state index contributed by atoms with van der Waals surface area (Å²) in [6, 6.07) is 3.77. The monoisotopic (exact) mass is 223 g/mol. The molecule has 2 rings (SSSR count). The lowest BCUT2D eigenvalue weighted by atomic mass is 10.1. The molecule has 88 valence electrons. The van der Waals surface area contributed by atoms with E-state index in [2.05, 4.69) is 22.1 Å². The molecule has 2 heterocycles. The van der Waals surface area contributed by atoms with E-state index in [1.165, 1.54) is 0 Å². The maximum absolute atomic E-state index is 10.9. The summed E-state index contributed by atoms with van der Waals surface area (Å²) in [5.74, 6) is -0.775. The maximum atomic E-state index is 10.9. The number of aliphatic carboxylic acids is 1. The molecule has 3 N–H and O–H groups in total. The Hall–Kier alpha value is -1.33. The van der Waals surface area contributed by atoms with E-state index in [-0.39, 0.29) is 6.04 Å². The maximum Gasteiger partial charge on any atom is 0.322 e. The van der Waals surface area contributed by atoms with Crippen LogP contribution in [0.1, 0.15) is 18.7 Å². The molecule has 5 heteroatoms. The molecule has 16 heavy (non-hydrogen) atoms. The minimum Gasteiger partial charge on any atom is -0.480 e. The highest BCUT2D eigenvalue weighted by Gasteiger charge is 2.28. The third-order valence-electron chi connectivity index (χ3n) is 3.12. The van der Waals surface area contributed by atoms with E-state index < -0.39 is 12.0 Å². The third kappa shape index (κ3) is 2.25. The number of carbonyl (C=O) groups is 1. The summed E-state index contributed by atoms with van der Waals surface area (Å²) in [6.07, 6.45) is 1.89. The molecular weight excluding hydrogens is 206 g/mol. The van der Waals surface area contributed by atoms with Crippen molar-refractivity contribution in [3.8, 4) is 0 Å². The molecule has 5 nitrogen and oxygen atoms in total. The van der Waals surface area contributed by atoms with Crippen molar-refractivity contribution in [1.82, 2.24) is 15.2 Å². The van der Waals surface area contributed by atoms with Crippen LogP contribution in [0.4, 0.5) is 0 Å². The van der Waals surface area contributed by atoms with Crippen molar-refractivity contribution in [3.63, 3.8) is 0 Å². The zero-order valence-electron chi connectivity index (χ0n) is 9.31. The Morgan fingerprint density at radius 3 is 3.12 bits per heavy atom. The number of hydrogen-bond donors (Lipinski definition) is 3. The van der Waals surface area contributed by atoms with Gasteiger partial charge in [0.15, 0.2) is 0 Å². The number of carboxylic acid groups (broad SMARTS) is 1. The molecule has 1 aliphatic heterocycles. The van der Waals surface area contributed by atoms with Crippen LogP contribution >= 0.6 is 0 Å². The van der Waals surface area contributed by atoms with Gasteiger partial charge in [0.25, 0.3) is 0 Å². The second kappa shape index (κ2) is 4.67. The lowest BCUT2D eigenvalue weighted by molar-refractivity contribution is -0.140. The highest BCUT2D eigenvalue weighted by molar-refractivity contribution is 5.73. The van der Waals surface area contributed by atoms with Crippen LogP contribution in [0.15, 0.2) is 18.3 Å². The number of piperazine rings is 1. The van der Waals surface area contributed by atoms with Crippen LogP contribution in [0.2, 0.25) is 0 Å². The summed E-state index contributed by atoms with van der Waals surface area (Å²) in [4.78, 5) is 16.3. The number of nitrogens with zero attached hydrogens (tertiary/aromatic N) is 1. The van der Waals surface area contributed by atoms with Gasteiger partial charge in [0.05, 0.1) is 0 Å². The van der Waals surface area contributed by atoms with Crippen LogP contribution in [0.25, 0.3) is 0 Å². The van der Waals surface area contributed by atoms with Gasteiger partial charge in [0, 0.05) is 37.6 Å². The third-order valence-corrected chi connectivity index (χ3v) is 3.12. The van der Waals surface area contributed by atoms with Crippen LogP contribution < -0.4 is 5.32 Å². The molecule has 0 aliphatic carbocycles. The Morgan fingerprint density at radius 1 is 1.69 bits per heavy atom. The molecule has 0 spiro atoms. The highest BCUT2D eigenvalue weighted by Crippen LogP contribution is 2.19. The van der Waals surface area contributed by atoms with Gasteiger partial charge in [-0.1, -0.05) is 0 Å². The van der Waals surface area contributed by atoms with Crippen molar-refractivity contribution in [1.29, 1.82) is 0 Å². The van der Waals surface area contributed by atoms with Crippen molar-refractivity contribution in [2.45, 2.75) is 19.0 Å². The zero-order valence-corrected chi connectivity index (χ0v) is 9.31. The molecule has 0 saturated carbocycles. The number of aromatic nitrogens is 1. The number of H-pyrrole nitrogens is 1. The van der Waals surface area contributed by atoms with Crippen LogP contribution in [-0.4, -0.2) is 46.6 Å². The van der Waals surface area contributed by atoms with Crippen molar-refractivity contribution in [3.05, 3.63) is 24.0 Å². The number of hydrogen-bond acceptors (Lipinski definition) is 3. The lowest BCUT2D eigenvalue weighted by Crippen LogP contribution is -2.54. The normalized spacial score (nSPS) is 24.2. The average Bonchev–Trinajstić information content (AvgIpc) is 2.81. The minimum absolute atomic E-state index is 0.235. The van der Waals surface area contributed by atoms with Gasteiger partial charge in [0.1, 0.15) is 6.04 Å². The largest absolute Gasteiger partial charge is 0.480 e. The molecule has 1 aliphatic rings. The van der Waals surface area contributed by atoms with E-state index in [1.807, 2.05) is 18.3 Å². The van der Waals surface area contributed by atoms with Crippen LogP contribution in [0.3, 0.4) is 0 Å². The van der Waals surface area contributed by atoms with E-state index in [4.69, 9.17) is 5.11 Å². The fourth-order valence-electron chi connectivity index (χ4n) is 2.09. The Labute approximate surface area is 94.5 Å². The van der Waals surface area contributed by atoms with Gasteiger partial charge in [-0.15, -0.1) is 0 Å². The highest BCUT2D eigenvalue weighted by atomic mass is 16.4. The van der Waals surface area contributed by atoms with Crippen LogP contribution in [0.5, 0.6) is 0 Å². The fraction of sp³-hybridized carbons (Fsp3) is 0.545. The predicted octanol–water partition coefficient (Wildman–Crippen LogP) is 0.434. The molecule has 0 unspecified atom stereocenters. The molecule has 1 fully saturated rings. The van der Waals surface area contributed by atoms with E-state index in [0.29, 0.717) is 6.54 Å². The predicted molar refractivity (Wildman–Crippen MR) is 60.2 cm³/mol. The molecule has 0 bridgehead atoms. The second-order valence-electron chi connectivity index (χ2n) is 4.14. The fourth-order valence-corrected chi connectivity index (χ4v) is 2.09. The Balaban J connectivity index is 2.01. The summed E-state index contributed by atoms with van der Waals surface area (Å²) >= 11 is 0. The molecule has 0 aromatic carbocycles. The Morgan fingerprint density at radius 2 is 2.50 bits per heavy atom. The molecule has 1 aromatic rings. The summed E-state index contributed by atoms with van der Waals surface area (Å²) in [6.45, 7) is 4.25. The Kier molecular flexibility index (Phi) is 3.26. The number of aromatic amines is 1. The SMILES string of the molecule is C[C@@H](c1ccc[nH]1)N1CCN[C@@H](C(=O)O)C1. The molecule has 1 aromatic heterocycles. The van der Waals surface area contributed by atoms with Crippen molar-refractivity contribution >= 4 is 5.97 Å². The van der Waals surface area contributed by atoms with Crippen molar-refractivity contribution < 1.29 is 9.90 Å². The summed E-state index contributed by atoms with van der Waals surface area (Å²) in [5, 5.41) is 12.0. The van der Waals surface area contributed by atoms with Gasteiger partial charge in [-0.2, -0.15) is 0 Å².